The minimum atomic E-state index is -0.0968. The van der Waals surface area contributed by atoms with Gasteiger partial charge in [-0.2, -0.15) is 10.1 Å². The summed E-state index contributed by atoms with van der Waals surface area (Å²) in [5.74, 6) is 0.449. The first-order valence-electron chi connectivity index (χ1n) is 9.21. The van der Waals surface area contributed by atoms with Gasteiger partial charge in [-0.1, -0.05) is 30.3 Å². The van der Waals surface area contributed by atoms with Crippen LogP contribution in [0.5, 0.6) is 0 Å². The van der Waals surface area contributed by atoms with Crippen LogP contribution < -0.4 is 0 Å². The normalized spacial score (nSPS) is 11.2. The van der Waals surface area contributed by atoms with Crippen LogP contribution in [0.4, 0.5) is 0 Å². The van der Waals surface area contributed by atoms with Crippen LogP contribution in [-0.4, -0.2) is 55.2 Å². The van der Waals surface area contributed by atoms with E-state index in [9.17, 15) is 9.90 Å². The van der Waals surface area contributed by atoms with E-state index in [1.54, 1.807) is 9.42 Å². The molecule has 0 saturated heterocycles. The van der Waals surface area contributed by atoms with Crippen molar-refractivity contribution in [2.24, 2.45) is 0 Å². The number of rotatable bonds is 6. The molecule has 1 amide bonds. The van der Waals surface area contributed by atoms with Gasteiger partial charge in [0.2, 0.25) is 0 Å². The molecule has 0 atom stereocenters. The lowest BCUT2D eigenvalue weighted by molar-refractivity contribution is 0.0723. The number of aromatic nitrogens is 4. The Labute approximate surface area is 162 Å². The van der Waals surface area contributed by atoms with E-state index in [-0.39, 0.29) is 19.1 Å². The summed E-state index contributed by atoms with van der Waals surface area (Å²) in [6.45, 7) is 2.55. The summed E-state index contributed by atoms with van der Waals surface area (Å²) >= 11 is 0. The molecule has 7 nitrogen and oxygen atoms in total. The molecule has 2 aromatic heterocycles. The predicted octanol–water partition coefficient (Wildman–Crippen LogP) is 2.26. The van der Waals surface area contributed by atoms with E-state index in [2.05, 4.69) is 15.1 Å². The first-order valence-corrected chi connectivity index (χ1v) is 9.21. The van der Waals surface area contributed by atoms with E-state index in [4.69, 9.17) is 0 Å². The molecule has 2 heterocycles. The van der Waals surface area contributed by atoms with Gasteiger partial charge in [-0.15, -0.1) is 0 Å². The second kappa shape index (κ2) is 7.74. The van der Waals surface area contributed by atoms with Gasteiger partial charge in [-0.25, -0.2) is 9.50 Å². The molecular weight excluding hydrogens is 354 g/mol. The molecule has 7 heteroatoms. The second-order valence-electron chi connectivity index (χ2n) is 6.69. The fourth-order valence-corrected chi connectivity index (χ4v) is 3.37. The fraction of sp³-hybridized carbons (Fsp3) is 0.238. The first-order chi connectivity index (χ1) is 13.7. The molecule has 4 rings (SSSR count). The molecule has 28 heavy (non-hydrogen) atoms. The molecular formula is C21H21N5O2. The minimum Gasteiger partial charge on any atom is -0.395 e. The van der Waals surface area contributed by atoms with Gasteiger partial charge in [-0.05, 0) is 35.9 Å². The maximum Gasteiger partial charge on any atom is 0.253 e. The van der Waals surface area contributed by atoms with E-state index < -0.39 is 0 Å². The largest absolute Gasteiger partial charge is 0.395 e. The van der Waals surface area contributed by atoms with E-state index in [0.29, 0.717) is 24.3 Å². The van der Waals surface area contributed by atoms with Gasteiger partial charge in [0, 0.05) is 36.5 Å². The number of carbonyl (C=O) groups excluding carboxylic acids is 1. The average molecular weight is 375 g/mol. The quantitative estimate of drug-likeness (QED) is 0.559. The first kappa shape index (κ1) is 18.1. The summed E-state index contributed by atoms with van der Waals surface area (Å²) in [5.41, 5.74) is 2.39. The zero-order chi connectivity index (χ0) is 19.5. The Bertz CT molecular complexity index is 1140. The van der Waals surface area contributed by atoms with Crippen molar-refractivity contribution in [2.45, 2.75) is 13.3 Å². The molecule has 142 valence electrons. The second-order valence-corrected chi connectivity index (χ2v) is 6.69. The number of aliphatic hydroxyl groups is 1. The van der Waals surface area contributed by atoms with Crippen LogP contribution in [0.1, 0.15) is 21.7 Å². The lowest BCUT2D eigenvalue weighted by atomic mass is 10.1. The summed E-state index contributed by atoms with van der Waals surface area (Å²) in [4.78, 5) is 23.2. The van der Waals surface area contributed by atoms with Crippen LogP contribution in [0.3, 0.4) is 0 Å². The van der Waals surface area contributed by atoms with Crippen molar-refractivity contribution in [1.29, 1.82) is 0 Å². The van der Waals surface area contributed by atoms with Crippen molar-refractivity contribution in [3.05, 3.63) is 71.8 Å². The number of fused-ring (bicyclic) bond motifs is 2. The van der Waals surface area contributed by atoms with Crippen LogP contribution in [0.25, 0.3) is 16.6 Å². The third-order valence-corrected chi connectivity index (χ3v) is 4.75. The number of hydrogen-bond acceptors (Lipinski definition) is 5. The minimum absolute atomic E-state index is 0.0899. The highest BCUT2D eigenvalue weighted by atomic mass is 16.3. The molecule has 0 saturated carbocycles. The molecule has 2 aromatic carbocycles. The SMILES string of the molecule is Cc1cc(CCN(CCO)C(=O)c2ccc3ccccc3c2)n2ncnc2n1. The zero-order valence-electron chi connectivity index (χ0n) is 15.6. The summed E-state index contributed by atoms with van der Waals surface area (Å²) in [5, 5.41) is 15.8. The van der Waals surface area contributed by atoms with Crippen LogP contribution >= 0.6 is 0 Å². The Morgan fingerprint density at radius 1 is 1.11 bits per heavy atom. The smallest absolute Gasteiger partial charge is 0.253 e. The lowest BCUT2D eigenvalue weighted by Crippen LogP contribution is -2.35. The van der Waals surface area contributed by atoms with E-state index in [0.717, 1.165) is 22.2 Å². The number of aliphatic hydroxyl groups excluding tert-OH is 1. The highest BCUT2D eigenvalue weighted by Gasteiger charge is 2.17. The standard InChI is InChI=1S/C21H21N5O2/c1-15-12-19(26-21(24-15)22-14-23-26)8-9-25(10-11-27)20(28)18-7-6-16-4-2-3-5-17(16)13-18/h2-7,12-14,27H,8-11H2,1H3. The highest BCUT2D eigenvalue weighted by Crippen LogP contribution is 2.17. The molecule has 0 spiro atoms. The van der Waals surface area contributed by atoms with Gasteiger partial charge in [0.15, 0.2) is 0 Å². The van der Waals surface area contributed by atoms with Crippen LogP contribution in [-0.2, 0) is 6.42 Å². The molecule has 0 aliphatic rings. The molecule has 0 aliphatic heterocycles. The number of benzene rings is 2. The Balaban J connectivity index is 1.57. The van der Waals surface area contributed by atoms with Crippen molar-refractivity contribution in [3.8, 4) is 0 Å². The van der Waals surface area contributed by atoms with Crippen LogP contribution in [0.2, 0.25) is 0 Å². The maximum absolute atomic E-state index is 13.0. The predicted molar refractivity (Wildman–Crippen MR) is 106 cm³/mol. The lowest BCUT2D eigenvalue weighted by Gasteiger charge is -2.22. The van der Waals surface area contributed by atoms with Crippen LogP contribution in [0.15, 0.2) is 54.9 Å². The average Bonchev–Trinajstić information content (AvgIpc) is 3.18. The molecule has 1 N–H and O–H groups in total. The third-order valence-electron chi connectivity index (χ3n) is 4.75. The molecule has 0 fully saturated rings. The van der Waals surface area contributed by atoms with Crippen molar-refractivity contribution in [3.63, 3.8) is 0 Å². The molecule has 0 unspecified atom stereocenters. The fourth-order valence-electron chi connectivity index (χ4n) is 3.37. The molecule has 0 aliphatic carbocycles. The van der Waals surface area contributed by atoms with Gasteiger partial charge in [0.1, 0.15) is 6.33 Å². The topological polar surface area (TPSA) is 83.6 Å². The number of carbonyl (C=O) groups is 1. The van der Waals surface area contributed by atoms with Gasteiger partial charge in [0.25, 0.3) is 11.7 Å². The third kappa shape index (κ3) is 3.57. The van der Waals surface area contributed by atoms with Crippen molar-refractivity contribution < 1.29 is 9.90 Å². The maximum atomic E-state index is 13.0. The number of amides is 1. The summed E-state index contributed by atoms with van der Waals surface area (Å²) in [6.07, 6.45) is 2.06. The highest BCUT2D eigenvalue weighted by molar-refractivity contribution is 5.98. The summed E-state index contributed by atoms with van der Waals surface area (Å²) in [7, 11) is 0. The van der Waals surface area contributed by atoms with Gasteiger partial charge >= 0.3 is 0 Å². The number of aryl methyl sites for hydroxylation is 1. The van der Waals surface area contributed by atoms with Gasteiger partial charge in [0.05, 0.1) is 6.61 Å². The number of hydrogen-bond donors (Lipinski definition) is 1. The Kier molecular flexibility index (Phi) is 4.99. The number of nitrogens with zero attached hydrogens (tertiary/aromatic N) is 5. The Morgan fingerprint density at radius 2 is 1.93 bits per heavy atom. The Morgan fingerprint density at radius 3 is 2.75 bits per heavy atom. The van der Waals surface area contributed by atoms with Crippen molar-refractivity contribution >= 4 is 22.5 Å². The van der Waals surface area contributed by atoms with E-state index in [1.165, 1.54) is 6.33 Å². The summed E-state index contributed by atoms with van der Waals surface area (Å²) < 4.78 is 1.69. The summed E-state index contributed by atoms with van der Waals surface area (Å²) in [6, 6.07) is 15.6. The Hall–Kier alpha value is -3.32. The van der Waals surface area contributed by atoms with Gasteiger partial charge in [-0.3, -0.25) is 4.79 Å². The van der Waals surface area contributed by atoms with E-state index >= 15 is 0 Å². The van der Waals surface area contributed by atoms with E-state index in [1.807, 2.05) is 55.5 Å². The monoisotopic (exact) mass is 375 g/mol. The van der Waals surface area contributed by atoms with Gasteiger partial charge < -0.3 is 10.0 Å². The molecule has 0 radical (unpaired) electrons. The zero-order valence-corrected chi connectivity index (χ0v) is 15.6. The molecule has 4 aromatic rings. The van der Waals surface area contributed by atoms with Crippen molar-refractivity contribution in [1.82, 2.24) is 24.5 Å². The van der Waals surface area contributed by atoms with Crippen LogP contribution in [0, 0.1) is 6.92 Å². The van der Waals surface area contributed by atoms with Crippen molar-refractivity contribution in [2.75, 3.05) is 19.7 Å². The molecule has 0 bridgehead atoms.